The predicted molar refractivity (Wildman–Crippen MR) is 86.3 cm³/mol. The summed E-state index contributed by atoms with van der Waals surface area (Å²) >= 11 is 3.27. The van der Waals surface area contributed by atoms with E-state index >= 15 is 0 Å². The minimum Gasteiger partial charge on any atom is -0.496 e. The second-order valence-electron chi connectivity index (χ2n) is 4.46. The third kappa shape index (κ3) is 3.76. The van der Waals surface area contributed by atoms with Gasteiger partial charge in [-0.3, -0.25) is 0 Å². The third-order valence-electron chi connectivity index (χ3n) is 3.13. The van der Waals surface area contributed by atoms with Gasteiger partial charge in [-0.25, -0.2) is 4.79 Å². The Morgan fingerprint density at radius 1 is 1.24 bits per heavy atom. The zero-order chi connectivity index (χ0) is 15.2. The molecule has 0 aliphatic heterocycles. The monoisotopic (exact) mass is 349 g/mol. The van der Waals surface area contributed by atoms with E-state index in [2.05, 4.69) is 21.2 Å². The summed E-state index contributed by atoms with van der Waals surface area (Å²) in [6.45, 7) is 0.622. The second kappa shape index (κ2) is 7.13. The number of hydrogen-bond donors (Lipinski definition) is 2. The molecule has 0 aliphatic rings. The van der Waals surface area contributed by atoms with Gasteiger partial charge in [-0.1, -0.05) is 24.3 Å². The topological polar surface area (TPSA) is 58.6 Å². The molecule has 0 aromatic heterocycles. The number of rotatable bonds is 6. The van der Waals surface area contributed by atoms with Crippen LogP contribution in [0, 0.1) is 0 Å². The van der Waals surface area contributed by atoms with Crippen molar-refractivity contribution in [1.29, 1.82) is 0 Å². The van der Waals surface area contributed by atoms with Crippen LogP contribution >= 0.6 is 15.9 Å². The maximum Gasteiger partial charge on any atom is 0.338 e. The van der Waals surface area contributed by atoms with E-state index in [4.69, 9.17) is 4.74 Å². The van der Waals surface area contributed by atoms with Crippen molar-refractivity contribution in [3.8, 4) is 5.75 Å². The van der Waals surface area contributed by atoms with Crippen LogP contribution in [0.1, 0.15) is 15.9 Å². The highest BCUT2D eigenvalue weighted by atomic mass is 79.9. The van der Waals surface area contributed by atoms with Crippen LogP contribution in [0.5, 0.6) is 5.75 Å². The maximum absolute atomic E-state index is 11.3. The summed E-state index contributed by atoms with van der Waals surface area (Å²) in [5.74, 6) is -0.116. The molecule has 0 unspecified atom stereocenters. The summed E-state index contributed by atoms with van der Waals surface area (Å²) in [6, 6.07) is 13.1. The fraction of sp³-hybridized carbons (Fsp3) is 0.188. The first-order valence-corrected chi connectivity index (χ1v) is 7.30. The van der Waals surface area contributed by atoms with Crippen LogP contribution in [-0.4, -0.2) is 24.7 Å². The van der Waals surface area contributed by atoms with Gasteiger partial charge in [0.2, 0.25) is 0 Å². The van der Waals surface area contributed by atoms with Crippen LogP contribution in [0.2, 0.25) is 0 Å². The van der Waals surface area contributed by atoms with Crippen molar-refractivity contribution in [1.82, 2.24) is 0 Å². The van der Waals surface area contributed by atoms with Crippen LogP contribution < -0.4 is 10.1 Å². The quantitative estimate of drug-likeness (QED) is 0.832. The van der Waals surface area contributed by atoms with E-state index in [9.17, 15) is 9.90 Å². The van der Waals surface area contributed by atoms with Gasteiger partial charge in [-0.15, -0.1) is 0 Å². The molecule has 2 aromatic carbocycles. The molecule has 0 heterocycles. The third-order valence-corrected chi connectivity index (χ3v) is 3.79. The minimum atomic E-state index is -0.956. The number of halogens is 1. The smallest absolute Gasteiger partial charge is 0.338 e. The first-order valence-electron chi connectivity index (χ1n) is 6.51. The molecule has 2 aromatic rings. The average Bonchev–Trinajstić information content (AvgIpc) is 2.47. The zero-order valence-electron chi connectivity index (χ0n) is 11.6. The zero-order valence-corrected chi connectivity index (χ0v) is 13.2. The fourth-order valence-electron chi connectivity index (χ4n) is 2.13. The van der Waals surface area contributed by atoms with E-state index in [1.807, 2.05) is 30.3 Å². The number of para-hydroxylation sites is 1. The molecule has 2 rings (SSSR count). The number of aromatic carboxylic acids is 1. The number of carboxylic acid groups (broad SMARTS) is 1. The Bertz CT molecular complexity index is 643. The highest BCUT2D eigenvalue weighted by Crippen LogP contribution is 2.25. The molecule has 0 amide bonds. The van der Waals surface area contributed by atoms with E-state index in [1.165, 1.54) is 0 Å². The highest BCUT2D eigenvalue weighted by Gasteiger charge is 2.13. The number of benzene rings is 2. The lowest BCUT2D eigenvalue weighted by Gasteiger charge is -2.12. The van der Waals surface area contributed by atoms with Gasteiger partial charge >= 0.3 is 5.97 Å². The van der Waals surface area contributed by atoms with Crippen molar-refractivity contribution < 1.29 is 14.6 Å². The van der Waals surface area contributed by atoms with Gasteiger partial charge in [0, 0.05) is 16.7 Å². The van der Waals surface area contributed by atoms with Gasteiger partial charge in [0.1, 0.15) is 5.75 Å². The Labute approximate surface area is 131 Å². The molecule has 0 aliphatic carbocycles. The van der Waals surface area contributed by atoms with Crippen LogP contribution in [0.15, 0.2) is 46.9 Å². The number of carboxylic acids is 1. The molecule has 0 fully saturated rings. The first-order chi connectivity index (χ1) is 10.1. The lowest BCUT2D eigenvalue weighted by atomic mass is 10.1. The molecule has 0 atom stereocenters. The van der Waals surface area contributed by atoms with Crippen molar-refractivity contribution in [2.24, 2.45) is 0 Å². The molecule has 2 N–H and O–H groups in total. The molecule has 110 valence electrons. The molecule has 21 heavy (non-hydrogen) atoms. The standard InChI is InChI=1S/C16H16BrNO3/c1-21-14-8-3-2-5-11(14)9-10-18-13-7-4-6-12(17)15(13)16(19)20/h2-8,18H,9-10H2,1H3,(H,19,20). The molecular formula is C16H16BrNO3. The van der Waals surface area contributed by atoms with Crippen molar-refractivity contribution in [2.45, 2.75) is 6.42 Å². The maximum atomic E-state index is 11.3. The molecule has 5 heteroatoms. The Morgan fingerprint density at radius 3 is 2.71 bits per heavy atom. The SMILES string of the molecule is COc1ccccc1CCNc1cccc(Br)c1C(=O)O. The van der Waals surface area contributed by atoms with Gasteiger partial charge in [-0.2, -0.15) is 0 Å². The molecule has 0 saturated carbocycles. The van der Waals surface area contributed by atoms with E-state index in [1.54, 1.807) is 19.2 Å². The predicted octanol–water partition coefficient (Wildman–Crippen LogP) is 3.81. The number of anilines is 1. The Hall–Kier alpha value is -2.01. The Kier molecular flexibility index (Phi) is 5.22. The summed E-state index contributed by atoms with van der Waals surface area (Å²) in [5.41, 5.74) is 1.93. The van der Waals surface area contributed by atoms with E-state index in [0.29, 0.717) is 16.7 Å². The van der Waals surface area contributed by atoms with E-state index < -0.39 is 5.97 Å². The van der Waals surface area contributed by atoms with E-state index in [0.717, 1.165) is 17.7 Å². The van der Waals surface area contributed by atoms with Crippen molar-refractivity contribution in [2.75, 3.05) is 19.0 Å². The van der Waals surface area contributed by atoms with Gasteiger partial charge in [-0.05, 0) is 46.1 Å². The largest absolute Gasteiger partial charge is 0.496 e. The van der Waals surface area contributed by atoms with Crippen molar-refractivity contribution >= 4 is 27.6 Å². The molecule has 0 saturated heterocycles. The number of methoxy groups -OCH3 is 1. The summed E-state index contributed by atoms with van der Waals surface area (Å²) in [7, 11) is 1.64. The number of carbonyl (C=O) groups is 1. The average molecular weight is 350 g/mol. The van der Waals surface area contributed by atoms with Gasteiger partial charge in [0.05, 0.1) is 12.7 Å². The summed E-state index contributed by atoms with van der Waals surface area (Å²) < 4.78 is 5.87. The van der Waals surface area contributed by atoms with Crippen LogP contribution in [-0.2, 0) is 6.42 Å². The lowest BCUT2D eigenvalue weighted by Crippen LogP contribution is -2.10. The number of hydrogen-bond acceptors (Lipinski definition) is 3. The van der Waals surface area contributed by atoms with Gasteiger partial charge < -0.3 is 15.2 Å². The normalized spacial score (nSPS) is 10.2. The number of ether oxygens (including phenoxy) is 1. The Morgan fingerprint density at radius 2 is 2.00 bits per heavy atom. The molecular weight excluding hydrogens is 334 g/mol. The highest BCUT2D eigenvalue weighted by molar-refractivity contribution is 9.10. The molecule has 0 spiro atoms. The number of nitrogens with one attached hydrogen (secondary N) is 1. The van der Waals surface area contributed by atoms with E-state index in [-0.39, 0.29) is 5.56 Å². The van der Waals surface area contributed by atoms with Gasteiger partial charge in [0.25, 0.3) is 0 Å². The van der Waals surface area contributed by atoms with Crippen molar-refractivity contribution in [3.63, 3.8) is 0 Å². The minimum absolute atomic E-state index is 0.248. The Balaban J connectivity index is 2.07. The second-order valence-corrected chi connectivity index (χ2v) is 5.31. The van der Waals surface area contributed by atoms with Crippen LogP contribution in [0.3, 0.4) is 0 Å². The summed E-state index contributed by atoms with van der Waals surface area (Å²) in [5, 5.41) is 12.4. The fourth-order valence-corrected chi connectivity index (χ4v) is 2.67. The summed E-state index contributed by atoms with van der Waals surface area (Å²) in [4.78, 5) is 11.3. The van der Waals surface area contributed by atoms with Crippen LogP contribution in [0.25, 0.3) is 0 Å². The van der Waals surface area contributed by atoms with Crippen LogP contribution in [0.4, 0.5) is 5.69 Å². The molecule has 4 nitrogen and oxygen atoms in total. The van der Waals surface area contributed by atoms with Crippen molar-refractivity contribution in [3.05, 3.63) is 58.1 Å². The first kappa shape index (κ1) is 15.4. The van der Waals surface area contributed by atoms with Gasteiger partial charge in [0.15, 0.2) is 0 Å². The summed E-state index contributed by atoms with van der Waals surface area (Å²) in [6.07, 6.45) is 0.746. The molecule has 0 radical (unpaired) electrons. The lowest BCUT2D eigenvalue weighted by molar-refractivity contribution is 0.0697. The molecule has 0 bridgehead atoms.